The third-order valence-electron chi connectivity index (χ3n) is 3.11. The van der Waals surface area contributed by atoms with E-state index in [0.29, 0.717) is 5.56 Å². The normalized spacial score (nSPS) is 11.9. The minimum absolute atomic E-state index is 0.212. The number of hydrogen-bond acceptors (Lipinski definition) is 3. The molecule has 1 aromatic carbocycles. The molecule has 0 aliphatic heterocycles. The molecule has 1 heterocycles. The van der Waals surface area contributed by atoms with Crippen molar-refractivity contribution in [3.63, 3.8) is 0 Å². The predicted molar refractivity (Wildman–Crippen MR) is 78.4 cm³/mol. The van der Waals surface area contributed by atoms with Crippen LogP contribution in [0.3, 0.4) is 0 Å². The fourth-order valence-electron chi connectivity index (χ4n) is 2.00. The molecule has 2 aromatic rings. The third-order valence-corrected chi connectivity index (χ3v) is 3.11. The molecule has 1 amide bonds. The van der Waals surface area contributed by atoms with Crippen LogP contribution in [0.5, 0.6) is 5.88 Å². The SMILES string of the molecule is O=C(NCc1ccnc(OCC(F)(F)F)c1)c1ccccc1C(F)(F)F. The number of hydrogen-bond donors (Lipinski definition) is 1. The van der Waals surface area contributed by atoms with Crippen LogP contribution in [-0.4, -0.2) is 23.7 Å². The van der Waals surface area contributed by atoms with E-state index in [1.165, 1.54) is 12.1 Å². The number of nitrogens with one attached hydrogen (secondary N) is 1. The number of amides is 1. The van der Waals surface area contributed by atoms with E-state index in [9.17, 15) is 31.1 Å². The molecule has 2 rings (SSSR count). The highest BCUT2D eigenvalue weighted by Crippen LogP contribution is 2.31. The first-order valence-electron chi connectivity index (χ1n) is 7.15. The highest BCUT2D eigenvalue weighted by molar-refractivity contribution is 5.95. The van der Waals surface area contributed by atoms with Crippen molar-refractivity contribution < 1.29 is 35.9 Å². The van der Waals surface area contributed by atoms with Crippen LogP contribution in [0.2, 0.25) is 0 Å². The van der Waals surface area contributed by atoms with Crippen molar-refractivity contribution in [1.82, 2.24) is 10.3 Å². The summed E-state index contributed by atoms with van der Waals surface area (Å²) in [5, 5.41) is 2.28. The molecule has 26 heavy (non-hydrogen) atoms. The summed E-state index contributed by atoms with van der Waals surface area (Å²) in [6.45, 7) is -1.75. The smallest absolute Gasteiger partial charge is 0.422 e. The lowest BCUT2D eigenvalue weighted by atomic mass is 10.1. The van der Waals surface area contributed by atoms with E-state index in [0.717, 1.165) is 30.5 Å². The molecule has 0 saturated carbocycles. The molecule has 0 saturated heterocycles. The van der Waals surface area contributed by atoms with Crippen LogP contribution in [0, 0.1) is 0 Å². The quantitative estimate of drug-likeness (QED) is 0.801. The van der Waals surface area contributed by atoms with Crippen LogP contribution >= 0.6 is 0 Å². The Kier molecular flexibility index (Phi) is 5.73. The molecule has 0 atom stereocenters. The first-order valence-corrected chi connectivity index (χ1v) is 7.15. The van der Waals surface area contributed by atoms with E-state index >= 15 is 0 Å². The Morgan fingerprint density at radius 2 is 1.77 bits per heavy atom. The Bertz CT molecular complexity index is 774. The van der Waals surface area contributed by atoms with Gasteiger partial charge >= 0.3 is 12.4 Å². The summed E-state index contributed by atoms with van der Waals surface area (Å²) in [5.74, 6) is -1.28. The van der Waals surface area contributed by atoms with Gasteiger partial charge in [0.1, 0.15) is 0 Å². The van der Waals surface area contributed by atoms with Gasteiger partial charge in [0.05, 0.1) is 11.1 Å². The predicted octanol–water partition coefficient (Wildman–Crippen LogP) is 3.97. The lowest BCUT2D eigenvalue weighted by molar-refractivity contribution is -0.154. The van der Waals surface area contributed by atoms with E-state index in [1.54, 1.807) is 0 Å². The maximum atomic E-state index is 12.9. The van der Waals surface area contributed by atoms with Crippen LogP contribution in [0.15, 0.2) is 42.6 Å². The van der Waals surface area contributed by atoms with Crippen molar-refractivity contribution in [3.8, 4) is 5.88 Å². The molecule has 1 N–H and O–H groups in total. The fraction of sp³-hybridized carbons (Fsp3) is 0.250. The van der Waals surface area contributed by atoms with Gasteiger partial charge in [-0.05, 0) is 23.8 Å². The van der Waals surface area contributed by atoms with Gasteiger partial charge in [-0.25, -0.2) is 4.98 Å². The van der Waals surface area contributed by atoms with E-state index in [2.05, 4.69) is 15.0 Å². The van der Waals surface area contributed by atoms with Gasteiger partial charge in [-0.3, -0.25) is 4.79 Å². The summed E-state index contributed by atoms with van der Waals surface area (Å²) in [4.78, 5) is 15.6. The van der Waals surface area contributed by atoms with Crippen molar-refractivity contribution in [2.45, 2.75) is 18.9 Å². The first kappa shape index (κ1) is 19.5. The maximum Gasteiger partial charge on any atom is 0.422 e. The number of halogens is 6. The fourth-order valence-corrected chi connectivity index (χ4v) is 2.00. The van der Waals surface area contributed by atoms with E-state index in [1.807, 2.05) is 0 Å². The molecule has 0 radical (unpaired) electrons. The Hall–Kier alpha value is -2.78. The Morgan fingerprint density at radius 1 is 1.08 bits per heavy atom. The average molecular weight is 378 g/mol. The minimum atomic E-state index is -4.69. The van der Waals surface area contributed by atoms with Gasteiger partial charge in [0.15, 0.2) is 6.61 Å². The number of aromatic nitrogens is 1. The molecule has 0 aliphatic carbocycles. The maximum absolute atomic E-state index is 12.9. The first-order chi connectivity index (χ1) is 12.1. The zero-order chi connectivity index (χ0) is 19.4. The van der Waals surface area contributed by atoms with Crippen LogP contribution < -0.4 is 10.1 Å². The van der Waals surface area contributed by atoms with Crippen molar-refractivity contribution in [1.29, 1.82) is 0 Å². The molecule has 0 fully saturated rings. The number of carbonyl (C=O) groups excluding carboxylic acids is 1. The Labute approximate surface area is 143 Å². The Balaban J connectivity index is 2.05. The number of nitrogens with zero attached hydrogens (tertiary/aromatic N) is 1. The molecule has 10 heteroatoms. The molecule has 1 aromatic heterocycles. The number of benzene rings is 1. The van der Waals surface area contributed by atoms with Crippen molar-refractivity contribution in [2.24, 2.45) is 0 Å². The molecule has 4 nitrogen and oxygen atoms in total. The van der Waals surface area contributed by atoms with E-state index < -0.39 is 36.0 Å². The van der Waals surface area contributed by atoms with Crippen LogP contribution in [0.25, 0.3) is 0 Å². The van der Waals surface area contributed by atoms with Crippen molar-refractivity contribution >= 4 is 5.91 Å². The number of pyridine rings is 1. The highest BCUT2D eigenvalue weighted by atomic mass is 19.4. The van der Waals surface area contributed by atoms with Crippen LogP contribution in [0.4, 0.5) is 26.3 Å². The van der Waals surface area contributed by atoms with Crippen molar-refractivity contribution in [3.05, 3.63) is 59.3 Å². The summed E-state index contributed by atoms with van der Waals surface area (Å²) in [6.07, 6.45) is -8.06. The monoisotopic (exact) mass is 378 g/mol. The topological polar surface area (TPSA) is 51.2 Å². The molecule has 0 bridgehead atoms. The molecule has 0 unspecified atom stereocenters. The van der Waals surface area contributed by atoms with Gasteiger partial charge < -0.3 is 10.1 Å². The minimum Gasteiger partial charge on any atom is -0.468 e. The number of carbonyl (C=O) groups is 1. The largest absolute Gasteiger partial charge is 0.468 e. The zero-order valence-electron chi connectivity index (χ0n) is 13.0. The number of ether oxygens (including phenoxy) is 1. The van der Waals surface area contributed by atoms with Gasteiger partial charge in [0.25, 0.3) is 5.91 Å². The van der Waals surface area contributed by atoms with Crippen molar-refractivity contribution in [2.75, 3.05) is 6.61 Å². The van der Waals surface area contributed by atoms with Crippen LogP contribution in [-0.2, 0) is 12.7 Å². The second-order valence-corrected chi connectivity index (χ2v) is 5.13. The summed E-state index contributed by atoms with van der Waals surface area (Å²) in [7, 11) is 0. The van der Waals surface area contributed by atoms with E-state index in [4.69, 9.17) is 0 Å². The third kappa shape index (κ3) is 5.64. The Morgan fingerprint density at radius 3 is 2.42 bits per heavy atom. The zero-order valence-corrected chi connectivity index (χ0v) is 13.0. The van der Waals surface area contributed by atoms with Gasteiger partial charge in [-0.15, -0.1) is 0 Å². The summed E-state index contributed by atoms with van der Waals surface area (Å²) in [6, 6.07) is 6.80. The lowest BCUT2D eigenvalue weighted by Gasteiger charge is -2.13. The van der Waals surface area contributed by atoms with Gasteiger partial charge in [-0.1, -0.05) is 12.1 Å². The second kappa shape index (κ2) is 7.63. The highest BCUT2D eigenvalue weighted by Gasteiger charge is 2.34. The van der Waals surface area contributed by atoms with E-state index in [-0.39, 0.29) is 12.4 Å². The average Bonchev–Trinajstić information content (AvgIpc) is 2.57. The molecular weight excluding hydrogens is 366 g/mol. The number of alkyl halides is 6. The molecule has 140 valence electrons. The second-order valence-electron chi connectivity index (χ2n) is 5.13. The molecular formula is C16H12F6N2O2. The standard InChI is InChI=1S/C16H12F6N2O2/c17-15(18,19)9-26-13-7-10(5-6-23-13)8-24-14(25)11-3-1-2-4-12(11)16(20,21)22/h1-7H,8-9H2,(H,24,25). The molecule has 0 spiro atoms. The molecule has 0 aliphatic rings. The lowest BCUT2D eigenvalue weighted by Crippen LogP contribution is -2.26. The number of rotatable bonds is 5. The van der Waals surface area contributed by atoms with Gasteiger partial charge in [0.2, 0.25) is 5.88 Å². The summed E-state index contributed by atoms with van der Waals surface area (Å²) in [5.41, 5.74) is -1.32. The van der Waals surface area contributed by atoms with Crippen LogP contribution in [0.1, 0.15) is 21.5 Å². The van der Waals surface area contributed by atoms with Gasteiger partial charge in [-0.2, -0.15) is 26.3 Å². The summed E-state index contributed by atoms with van der Waals surface area (Å²) >= 11 is 0. The summed E-state index contributed by atoms with van der Waals surface area (Å²) < 4.78 is 79.5. The van der Waals surface area contributed by atoms with Gasteiger partial charge in [0, 0.05) is 18.8 Å².